The van der Waals surface area contributed by atoms with E-state index in [2.05, 4.69) is 5.32 Å². The molecular formula is C33H38N4O8S2. The van der Waals surface area contributed by atoms with Crippen molar-refractivity contribution in [2.45, 2.75) is 49.5 Å². The summed E-state index contributed by atoms with van der Waals surface area (Å²) < 4.78 is 65.4. The topological polar surface area (TPSA) is 143 Å². The van der Waals surface area contributed by atoms with Gasteiger partial charge in [0.05, 0.1) is 16.8 Å². The van der Waals surface area contributed by atoms with Crippen molar-refractivity contribution in [2.24, 2.45) is 5.92 Å². The van der Waals surface area contributed by atoms with Crippen LogP contribution in [0.3, 0.4) is 0 Å². The normalized spacial score (nSPS) is 20.9. The number of nitrogens with zero attached hydrogens (tertiary/aromatic N) is 3. The Balaban J connectivity index is 1.09. The maximum atomic E-state index is 13.8. The first-order valence-electron chi connectivity index (χ1n) is 16.1. The second kappa shape index (κ2) is 12.4. The Morgan fingerprint density at radius 2 is 1.68 bits per heavy atom. The van der Waals surface area contributed by atoms with Gasteiger partial charge in [0.2, 0.25) is 26.0 Å². The fraction of sp³-hybridized carbons (Fsp3) is 0.455. The second-order valence-electron chi connectivity index (χ2n) is 12.6. The predicted molar refractivity (Wildman–Crippen MR) is 177 cm³/mol. The summed E-state index contributed by atoms with van der Waals surface area (Å²) in [5, 5.41) is 4.46. The highest BCUT2D eigenvalue weighted by atomic mass is 32.2. The molecule has 1 atom stereocenters. The van der Waals surface area contributed by atoms with Crippen LogP contribution in [0.15, 0.2) is 53.4 Å². The van der Waals surface area contributed by atoms with Crippen LogP contribution in [0, 0.1) is 5.92 Å². The molecule has 3 aromatic rings. The van der Waals surface area contributed by atoms with Crippen molar-refractivity contribution < 1.29 is 35.9 Å². The SMILES string of the molecule is CS(=O)(=O)N1CCC(CCN2C(=O)c3cccc4c(NC(=O)C5CCCCN5S(=O)(=O)c5ccc6c(c5)OCCO6)ccc2c34)CC1. The second-order valence-corrected chi connectivity index (χ2v) is 16.5. The molecule has 4 aliphatic rings. The number of anilines is 2. The van der Waals surface area contributed by atoms with Gasteiger partial charge in [-0.15, -0.1) is 0 Å². The van der Waals surface area contributed by atoms with Crippen molar-refractivity contribution in [3.63, 3.8) is 0 Å². The van der Waals surface area contributed by atoms with Gasteiger partial charge in [-0.2, -0.15) is 4.31 Å². The summed E-state index contributed by atoms with van der Waals surface area (Å²) in [6, 6.07) is 12.7. The molecule has 1 N–H and O–H groups in total. The highest BCUT2D eigenvalue weighted by Crippen LogP contribution is 2.42. The molecule has 4 aliphatic heterocycles. The number of hydrogen-bond donors (Lipinski definition) is 1. The molecule has 14 heteroatoms. The lowest BCUT2D eigenvalue weighted by Gasteiger charge is -2.34. The minimum absolute atomic E-state index is 0.0475. The van der Waals surface area contributed by atoms with Gasteiger partial charge in [-0.05, 0) is 68.4 Å². The minimum atomic E-state index is -4.02. The highest BCUT2D eigenvalue weighted by Gasteiger charge is 2.39. The lowest BCUT2D eigenvalue weighted by Crippen LogP contribution is -2.49. The van der Waals surface area contributed by atoms with Crippen LogP contribution in [0.1, 0.15) is 48.9 Å². The van der Waals surface area contributed by atoms with Gasteiger partial charge >= 0.3 is 0 Å². The van der Waals surface area contributed by atoms with E-state index in [0.29, 0.717) is 86.2 Å². The summed E-state index contributed by atoms with van der Waals surface area (Å²) in [7, 11) is -7.22. The Kier molecular flexibility index (Phi) is 8.39. The van der Waals surface area contributed by atoms with E-state index in [-0.39, 0.29) is 17.3 Å². The molecule has 0 bridgehead atoms. The molecule has 2 fully saturated rings. The third kappa shape index (κ3) is 5.96. The van der Waals surface area contributed by atoms with Gasteiger partial charge in [0.1, 0.15) is 19.3 Å². The largest absolute Gasteiger partial charge is 0.486 e. The van der Waals surface area contributed by atoms with Crippen LogP contribution in [0.25, 0.3) is 10.8 Å². The smallest absolute Gasteiger partial charge is 0.258 e. The van der Waals surface area contributed by atoms with E-state index in [4.69, 9.17) is 9.47 Å². The first-order chi connectivity index (χ1) is 22.5. The number of amides is 2. The average Bonchev–Trinajstić information content (AvgIpc) is 3.35. The number of fused-ring (bicyclic) bond motifs is 1. The minimum Gasteiger partial charge on any atom is -0.486 e. The van der Waals surface area contributed by atoms with Crippen LogP contribution in [0.2, 0.25) is 0 Å². The first-order valence-corrected chi connectivity index (χ1v) is 19.4. The number of sulfonamides is 2. The van der Waals surface area contributed by atoms with Gasteiger partial charge in [-0.25, -0.2) is 21.1 Å². The van der Waals surface area contributed by atoms with Gasteiger partial charge < -0.3 is 19.7 Å². The molecule has 1 unspecified atom stereocenters. The number of carbonyl (C=O) groups excluding carboxylic acids is 2. The monoisotopic (exact) mass is 682 g/mol. The Bertz CT molecular complexity index is 1960. The van der Waals surface area contributed by atoms with Gasteiger partial charge in [-0.3, -0.25) is 9.59 Å². The number of rotatable bonds is 8. The zero-order chi connectivity index (χ0) is 32.9. The molecule has 47 heavy (non-hydrogen) atoms. The Labute approximate surface area is 274 Å². The van der Waals surface area contributed by atoms with Gasteiger partial charge in [0.25, 0.3) is 5.91 Å². The van der Waals surface area contributed by atoms with Crippen LogP contribution in [-0.4, -0.2) is 89.0 Å². The standard InChI is InChI=1S/C33H38N4O8S2/c1-46(40,41)35-16-12-22(13-17-35)14-18-36-27-10-9-26(24-5-4-6-25(31(24)27)33(36)39)34-32(38)28-7-2-3-15-37(28)47(42,43)23-8-11-29-30(21-23)45-20-19-44-29/h4-6,8-11,21-22,28H,2-3,7,12-20H2,1H3,(H,34,38). The van der Waals surface area contributed by atoms with E-state index < -0.39 is 32.0 Å². The molecule has 7 rings (SSSR count). The van der Waals surface area contributed by atoms with Crippen LogP contribution >= 0.6 is 0 Å². The molecule has 2 amide bonds. The van der Waals surface area contributed by atoms with Crippen LogP contribution in [0.4, 0.5) is 11.4 Å². The van der Waals surface area contributed by atoms with Crippen molar-refractivity contribution >= 4 is 54.0 Å². The van der Waals surface area contributed by atoms with Crippen molar-refractivity contribution in [3.8, 4) is 11.5 Å². The third-order valence-electron chi connectivity index (χ3n) is 9.72. The highest BCUT2D eigenvalue weighted by molar-refractivity contribution is 7.89. The molecule has 3 aromatic carbocycles. The Hall–Kier alpha value is -3.72. The summed E-state index contributed by atoms with van der Waals surface area (Å²) >= 11 is 0. The molecule has 0 radical (unpaired) electrons. The number of hydrogen-bond acceptors (Lipinski definition) is 8. The van der Waals surface area contributed by atoms with Gasteiger partial charge in [0.15, 0.2) is 11.5 Å². The van der Waals surface area contributed by atoms with E-state index >= 15 is 0 Å². The fourth-order valence-corrected chi connectivity index (χ4v) is 9.76. The van der Waals surface area contributed by atoms with E-state index in [0.717, 1.165) is 30.3 Å². The summed E-state index contributed by atoms with van der Waals surface area (Å²) in [4.78, 5) is 29.2. The number of benzene rings is 3. The maximum absolute atomic E-state index is 13.8. The lowest BCUT2D eigenvalue weighted by molar-refractivity contribution is -0.120. The quantitative estimate of drug-likeness (QED) is 0.378. The molecule has 0 aliphatic carbocycles. The number of piperidine rings is 2. The van der Waals surface area contributed by atoms with E-state index in [9.17, 15) is 26.4 Å². The van der Waals surface area contributed by atoms with Gasteiger partial charge in [-0.1, -0.05) is 18.6 Å². The van der Waals surface area contributed by atoms with Crippen LogP contribution < -0.4 is 19.7 Å². The molecule has 0 aromatic heterocycles. The van der Waals surface area contributed by atoms with Crippen LogP contribution in [0.5, 0.6) is 11.5 Å². The fourth-order valence-electron chi connectivity index (χ4n) is 7.21. The van der Waals surface area contributed by atoms with Crippen molar-refractivity contribution in [2.75, 3.05) is 55.9 Å². The predicted octanol–water partition coefficient (Wildman–Crippen LogP) is 3.81. The molecule has 4 heterocycles. The lowest BCUT2D eigenvalue weighted by atomic mass is 9.94. The van der Waals surface area contributed by atoms with Crippen molar-refractivity contribution in [1.29, 1.82) is 0 Å². The molecule has 250 valence electrons. The van der Waals surface area contributed by atoms with Crippen molar-refractivity contribution in [3.05, 3.63) is 54.1 Å². The summed E-state index contributed by atoms with van der Waals surface area (Å²) in [6.45, 7) is 2.43. The molecule has 0 saturated carbocycles. The summed E-state index contributed by atoms with van der Waals surface area (Å²) in [6.07, 6.45) is 5.24. The maximum Gasteiger partial charge on any atom is 0.258 e. The molecule has 12 nitrogen and oxygen atoms in total. The van der Waals surface area contributed by atoms with Crippen molar-refractivity contribution in [1.82, 2.24) is 8.61 Å². The summed E-state index contributed by atoms with van der Waals surface area (Å²) in [5.74, 6) is 0.640. The number of carbonyl (C=O) groups is 2. The summed E-state index contributed by atoms with van der Waals surface area (Å²) in [5.41, 5.74) is 1.84. The Morgan fingerprint density at radius 1 is 0.915 bits per heavy atom. The number of ether oxygens (including phenoxy) is 2. The number of nitrogens with one attached hydrogen (secondary N) is 1. The van der Waals surface area contributed by atoms with E-state index in [1.807, 2.05) is 12.1 Å². The Morgan fingerprint density at radius 3 is 2.45 bits per heavy atom. The molecule has 2 saturated heterocycles. The zero-order valence-electron chi connectivity index (χ0n) is 26.2. The molecule has 0 spiro atoms. The first kappa shape index (κ1) is 31.9. The third-order valence-corrected chi connectivity index (χ3v) is 12.9. The van der Waals surface area contributed by atoms with Crippen LogP contribution in [-0.2, 0) is 24.8 Å². The molecular weight excluding hydrogens is 645 g/mol. The zero-order valence-corrected chi connectivity index (χ0v) is 27.8. The average molecular weight is 683 g/mol. The van der Waals surface area contributed by atoms with E-state index in [1.54, 1.807) is 29.2 Å². The van der Waals surface area contributed by atoms with Gasteiger partial charge in [0, 0.05) is 54.3 Å². The van der Waals surface area contributed by atoms with E-state index in [1.165, 1.54) is 27.0 Å².